The third-order valence-electron chi connectivity index (χ3n) is 4.11. The van der Waals surface area contributed by atoms with E-state index >= 15 is 0 Å². The Kier molecular flexibility index (Phi) is 4.61. The number of imidazole rings is 1. The van der Waals surface area contributed by atoms with Crippen LogP contribution in [0.15, 0.2) is 36.5 Å². The number of hydrogen-bond acceptors (Lipinski definition) is 4. The lowest BCUT2D eigenvalue weighted by Gasteiger charge is -2.09. The molecule has 1 aromatic carbocycles. The van der Waals surface area contributed by atoms with Crippen LogP contribution in [-0.4, -0.2) is 34.7 Å². The third kappa shape index (κ3) is 3.28. The van der Waals surface area contributed by atoms with E-state index in [2.05, 4.69) is 0 Å². The Morgan fingerprint density at radius 1 is 1.16 bits per heavy atom. The second-order valence-corrected chi connectivity index (χ2v) is 5.80. The van der Waals surface area contributed by atoms with Gasteiger partial charge in [-0.2, -0.15) is 0 Å². The fraction of sp³-hybridized carbons (Fsp3) is 0.263. The van der Waals surface area contributed by atoms with Crippen LogP contribution in [0, 0.1) is 6.92 Å². The molecule has 2 heterocycles. The van der Waals surface area contributed by atoms with Gasteiger partial charge in [0, 0.05) is 18.2 Å². The van der Waals surface area contributed by atoms with Gasteiger partial charge in [0.25, 0.3) is 0 Å². The molecule has 0 fully saturated rings. The normalized spacial score (nSPS) is 10.8. The molecule has 6 heteroatoms. The van der Waals surface area contributed by atoms with Gasteiger partial charge in [-0.25, -0.2) is 4.98 Å². The zero-order valence-corrected chi connectivity index (χ0v) is 14.4. The highest BCUT2D eigenvalue weighted by Crippen LogP contribution is 2.34. The van der Waals surface area contributed by atoms with Crippen molar-refractivity contribution in [3.63, 3.8) is 0 Å². The maximum absolute atomic E-state index is 11.1. The molecule has 3 rings (SSSR count). The van der Waals surface area contributed by atoms with Crippen LogP contribution in [0.5, 0.6) is 11.5 Å². The summed E-state index contributed by atoms with van der Waals surface area (Å²) in [5, 5.41) is 9.07. The zero-order chi connectivity index (χ0) is 18.0. The molecule has 3 aromatic rings. The van der Waals surface area contributed by atoms with Crippen LogP contribution in [0.25, 0.3) is 16.9 Å². The van der Waals surface area contributed by atoms with Crippen LogP contribution in [0.3, 0.4) is 0 Å². The molecule has 0 amide bonds. The summed E-state index contributed by atoms with van der Waals surface area (Å²) >= 11 is 0. The van der Waals surface area contributed by atoms with Crippen LogP contribution in [0.2, 0.25) is 0 Å². The number of pyridine rings is 1. The summed E-state index contributed by atoms with van der Waals surface area (Å²) in [7, 11) is 3.17. The van der Waals surface area contributed by atoms with E-state index in [0.29, 0.717) is 17.9 Å². The SMILES string of the molecule is COc1ccc(-c2nc3cc(C)ccn3c2CCC(=O)O)cc1OC. The van der Waals surface area contributed by atoms with Gasteiger partial charge in [-0.3, -0.25) is 4.79 Å². The molecule has 0 saturated heterocycles. The Balaban J connectivity index is 2.17. The number of methoxy groups -OCH3 is 2. The van der Waals surface area contributed by atoms with Crippen molar-refractivity contribution in [2.24, 2.45) is 0 Å². The molecular weight excluding hydrogens is 320 g/mol. The Bertz CT molecular complexity index is 931. The minimum atomic E-state index is -0.833. The van der Waals surface area contributed by atoms with E-state index in [1.165, 1.54) is 0 Å². The molecule has 0 bridgehead atoms. The van der Waals surface area contributed by atoms with Crippen molar-refractivity contribution >= 4 is 11.6 Å². The maximum Gasteiger partial charge on any atom is 0.303 e. The van der Waals surface area contributed by atoms with Crippen LogP contribution in [0.1, 0.15) is 17.7 Å². The summed E-state index contributed by atoms with van der Waals surface area (Å²) in [5.74, 6) is 0.413. The molecule has 0 radical (unpaired) electrons. The van der Waals surface area contributed by atoms with Crippen molar-refractivity contribution in [1.82, 2.24) is 9.38 Å². The van der Waals surface area contributed by atoms with Gasteiger partial charge in [-0.15, -0.1) is 0 Å². The number of fused-ring (bicyclic) bond motifs is 1. The average Bonchev–Trinajstić information content (AvgIpc) is 2.96. The topological polar surface area (TPSA) is 73.1 Å². The molecule has 0 spiro atoms. The van der Waals surface area contributed by atoms with E-state index in [1.54, 1.807) is 14.2 Å². The maximum atomic E-state index is 11.1. The second-order valence-electron chi connectivity index (χ2n) is 5.80. The first kappa shape index (κ1) is 16.8. The standard InChI is InChI=1S/C19H20N2O4/c1-12-8-9-21-14(5-7-18(22)23)19(20-17(21)10-12)13-4-6-15(24-2)16(11-13)25-3/h4,6,8-11H,5,7H2,1-3H3,(H,22,23). The van der Waals surface area contributed by atoms with Gasteiger partial charge < -0.3 is 19.0 Å². The summed E-state index contributed by atoms with van der Waals surface area (Å²) in [6, 6.07) is 9.55. The molecule has 0 saturated carbocycles. The fourth-order valence-corrected chi connectivity index (χ4v) is 2.88. The predicted octanol–water partition coefficient (Wildman–Crippen LogP) is 3.34. The Morgan fingerprint density at radius 3 is 2.60 bits per heavy atom. The Morgan fingerprint density at radius 2 is 1.92 bits per heavy atom. The first-order chi connectivity index (χ1) is 12.0. The number of nitrogens with zero attached hydrogens (tertiary/aromatic N) is 2. The van der Waals surface area contributed by atoms with Crippen molar-refractivity contribution in [2.75, 3.05) is 14.2 Å². The first-order valence-electron chi connectivity index (χ1n) is 7.95. The smallest absolute Gasteiger partial charge is 0.303 e. The molecular formula is C19H20N2O4. The Labute approximate surface area is 145 Å². The van der Waals surface area contributed by atoms with Crippen molar-refractivity contribution in [3.05, 3.63) is 47.8 Å². The van der Waals surface area contributed by atoms with Crippen LogP contribution >= 0.6 is 0 Å². The second kappa shape index (κ2) is 6.84. The number of hydrogen-bond donors (Lipinski definition) is 1. The molecule has 0 aliphatic rings. The highest BCUT2D eigenvalue weighted by Gasteiger charge is 2.17. The average molecular weight is 340 g/mol. The molecule has 1 N–H and O–H groups in total. The lowest BCUT2D eigenvalue weighted by Crippen LogP contribution is -2.01. The largest absolute Gasteiger partial charge is 0.493 e. The number of carboxylic acids is 1. The zero-order valence-electron chi connectivity index (χ0n) is 14.4. The van der Waals surface area contributed by atoms with Crippen LogP contribution < -0.4 is 9.47 Å². The summed E-state index contributed by atoms with van der Waals surface area (Å²) in [5.41, 5.74) is 4.38. The number of aliphatic carboxylic acids is 1. The minimum absolute atomic E-state index is 0.0436. The quantitative estimate of drug-likeness (QED) is 0.745. The summed E-state index contributed by atoms with van der Waals surface area (Å²) < 4.78 is 12.6. The molecule has 6 nitrogen and oxygen atoms in total. The van der Waals surface area contributed by atoms with Gasteiger partial charge >= 0.3 is 5.97 Å². The number of aryl methyl sites for hydroxylation is 2. The van der Waals surface area contributed by atoms with Crippen molar-refractivity contribution in [3.8, 4) is 22.8 Å². The van der Waals surface area contributed by atoms with Crippen molar-refractivity contribution < 1.29 is 19.4 Å². The number of rotatable bonds is 6. The first-order valence-corrected chi connectivity index (χ1v) is 7.95. The van der Waals surface area contributed by atoms with E-state index in [4.69, 9.17) is 19.6 Å². The molecule has 25 heavy (non-hydrogen) atoms. The monoisotopic (exact) mass is 340 g/mol. The lowest BCUT2D eigenvalue weighted by atomic mass is 10.1. The number of benzene rings is 1. The molecule has 0 aliphatic heterocycles. The molecule has 0 atom stereocenters. The lowest BCUT2D eigenvalue weighted by molar-refractivity contribution is -0.136. The number of ether oxygens (including phenoxy) is 2. The minimum Gasteiger partial charge on any atom is -0.493 e. The van der Waals surface area contributed by atoms with E-state index in [-0.39, 0.29) is 6.42 Å². The fourth-order valence-electron chi connectivity index (χ4n) is 2.88. The summed E-state index contributed by atoms with van der Waals surface area (Å²) in [6.45, 7) is 2.00. The molecule has 130 valence electrons. The highest BCUT2D eigenvalue weighted by atomic mass is 16.5. The summed E-state index contributed by atoms with van der Waals surface area (Å²) in [4.78, 5) is 15.8. The molecule has 0 unspecified atom stereocenters. The third-order valence-corrected chi connectivity index (χ3v) is 4.11. The van der Waals surface area contributed by atoms with Gasteiger partial charge in [0.1, 0.15) is 5.65 Å². The molecule has 2 aromatic heterocycles. The van der Waals surface area contributed by atoms with Gasteiger partial charge in [-0.1, -0.05) is 0 Å². The van der Waals surface area contributed by atoms with Crippen molar-refractivity contribution in [2.45, 2.75) is 19.8 Å². The molecule has 0 aliphatic carbocycles. The summed E-state index contributed by atoms with van der Waals surface area (Å²) in [6.07, 6.45) is 2.37. The van der Waals surface area contributed by atoms with E-state index in [1.807, 2.05) is 47.9 Å². The van der Waals surface area contributed by atoms with Crippen LogP contribution in [0.4, 0.5) is 0 Å². The van der Waals surface area contributed by atoms with Gasteiger partial charge in [0.05, 0.1) is 32.0 Å². The number of aromatic nitrogens is 2. The van der Waals surface area contributed by atoms with Gasteiger partial charge in [0.2, 0.25) is 0 Å². The predicted molar refractivity (Wildman–Crippen MR) is 94.4 cm³/mol. The number of carbonyl (C=O) groups is 1. The van der Waals surface area contributed by atoms with Crippen molar-refractivity contribution in [1.29, 1.82) is 0 Å². The van der Waals surface area contributed by atoms with E-state index < -0.39 is 5.97 Å². The highest BCUT2D eigenvalue weighted by molar-refractivity contribution is 5.72. The van der Waals surface area contributed by atoms with E-state index in [0.717, 1.165) is 28.2 Å². The number of carboxylic acid groups (broad SMARTS) is 1. The van der Waals surface area contributed by atoms with Crippen LogP contribution in [-0.2, 0) is 11.2 Å². The van der Waals surface area contributed by atoms with E-state index in [9.17, 15) is 4.79 Å². The van der Waals surface area contributed by atoms with Gasteiger partial charge in [0.15, 0.2) is 11.5 Å². The van der Waals surface area contributed by atoms with Gasteiger partial charge in [-0.05, 0) is 42.8 Å². The Hall–Kier alpha value is -3.02.